The molecule has 1 aliphatic heterocycles. The normalized spacial score (nSPS) is 20.5. The van der Waals surface area contributed by atoms with Crippen molar-refractivity contribution < 1.29 is 4.74 Å². The summed E-state index contributed by atoms with van der Waals surface area (Å²) in [6, 6.07) is 0. The SMILES string of the molecule is CC(C)Cn1ncnc1CNCC1CCCCO1. The van der Waals surface area contributed by atoms with Crippen LogP contribution < -0.4 is 5.32 Å². The molecule has 0 aromatic carbocycles. The molecule has 1 unspecified atom stereocenters. The minimum atomic E-state index is 0.375. The maximum Gasteiger partial charge on any atom is 0.140 e. The number of aromatic nitrogens is 3. The zero-order valence-corrected chi connectivity index (χ0v) is 11.4. The molecule has 0 aliphatic carbocycles. The summed E-state index contributed by atoms with van der Waals surface area (Å²) in [5.41, 5.74) is 0. The predicted molar refractivity (Wildman–Crippen MR) is 70.2 cm³/mol. The Morgan fingerprint density at radius 3 is 3.11 bits per heavy atom. The molecule has 2 heterocycles. The first-order valence-electron chi connectivity index (χ1n) is 6.94. The third-order valence-corrected chi connectivity index (χ3v) is 3.16. The average molecular weight is 252 g/mol. The minimum Gasteiger partial charge on any atom is -0.377 e. The summed E-state index contributed by atoms with van der Waals surface area (Å²) in [6.07, 6.45) is 5.68. The summed E-state index contributed by atoms with van der Waals surface area (Å²) in [7, 11) is 0. The molecule has 0 amide bonds. The van der Waals surface area contributed by atoms with E-state index in [1.54, 1.807) is 6.33 Å². The lowest BCUT2D eigenvalue weighted by atomic mass is 10.1. The van der Waals surface area contributed by atoms with Gasteiger partial charge < -0.3 is 10.1 Å². The first kappa shape index (κ1) is 13.5. The van der Waals surface area contributed by atoms with Gasteiger partial charge in [-0.15, -0.1) is 0 Å². The van der Waals surface area contributed by atoms with E-state index >= 15 is 0 Å². The quantitative estimate of drug-likeness (QED) is 0.835. The molecule has 1 fully saturated rings. The Kier molecular flexibility index (Phi) is 5.13. The largest absolute Gasteiger partial charge is 0.377 e. The molecular weight excluding hydrogens is 228 g/mol. The van der Waals surface area contributed by atoms with Crippen molar-refractivity contribution in [3.05, 3.63) is 12.2 Å². The third kappa shape index (κ3) is 4.07. The highest BCUT2D eigenvalue weighted by molar-refractivity contribution is 4.84. The lowest BCUT2D eigenvalue weighted by Crippen LogP contribution is -2.32. The van der Waals surface area contributed by atoms with Crippen molar-refractivity contribution in [2.24, 2.45) is 5.92 Å². The molecule has 1 atom stereocenters. The number of hydrogen-bond acceptors (Lipinski definition) is 4. The Labute approximate surface area is 109 Å². The smallest absolute Gasteiger partial charge is 0.140 e. The highest BCUT2D eigenvalue weighted by Crippen LogP contribution is 2.11. The summed E-state index contributed by atoms with van der Waals surface area (Å²) >= 11 is 0. The average Bonchev–Trinajstić information content (AvgIpc) is 2.77. The molecule has 1 aliphatic rings. The Hall–Kier alpha value is -0.940. The molecule has 0 spiro atoms. The number of hydrogen-bond donors (Lipinski definition) is 1. The lowest BCUT2D eigenvalue weighted by Gasteiger charge is -2.22. The summed E-state index contributed by atoms with van der Waals surface area (Å²) in [5.74, 6) is 1.60. The van der Waals surface area contributed by atoms with Crippen LogP contribution in [0.15, 0.2) is 6.33 Å². The van der Waals surface area contributed by atoms with E-state index in [0.29, 0.717) is 12.0 Å². The predicted octanol–water partition coefficient (Wildman–Crippen LogP) is 1.59. The molecule has 0 bridgehead atoms. The maximum atomic E-state index is 5.69. The van der Waals surface area contributed by atoms with Gasteiger partial charge in [-0.1, -0.05) is 13.8 Å². The van der Waals surface area contributed by atoms with Crippen LogP contribution in [-0.2, 0) is 17.8 Å². The van der Waals surface area contributed by atoms with Crippen LogP contribution in [0.25, 0.3) is 0 Å². The van der Waals surface area contributed by atoms with E-state index in [-0.39, 0.29) is 0 Å². The van der Waals surface area contributed by atoms with Crippen LogP contribution in [0.4, 0.5) is 0 Å². The van der Waals surface area contributed by atoms with Crippen LogP contribution in [0.5, 0.6) is 0 Å². The van der Waals surface area contributed by atoms with Crippen molar-refractivity contribution >= 4 is 0 Å². The second-order valence-electron chi connectivity index (χ2n) is 5.37. The van der Waals surface area contributed by atoms with Gasteiger partial charge in [0.05, 0.1) is 12.6 Å². The Morgan fingerprint density at radius 2 is 2.39 bits per heavy atom. The maximum absolute atomic E-state index is 5.69. The zero-order valence-electron chi connectivity index (χ0n) is 11.4. The monoisotopic (exact) mass is 252 g/mol. The highest BCUT2D eigenvalue weighted by atomic mass is 16.5. The Balaban J connectivity index is 1.74. The summed E-state index contributed by atoms with van der Waals surface area (Å²) in [6.45, 7) is 7.90. The van der Waals surface area contributed by atoms with Crippen molar-refractivity contribution in [2.45, 2.75) is 52.3 Å². The van der Waals surface area contributed by atoms with E-state index in [1.807, 2.05) is 4.68 Å². The topological polar surface area (TPSA) is 52.0 Å². The van der Waals surface area contributed by atoms with Crippen LogP contribution >= 0.6 is 0 Å². The van der Waals surface area contributed by atoms with E-state index in [9.17, 15) is 0 Å². The summed E-state index contributed by atoms with van der Waals surface area (Å²) in [4.78, 5) is 4.30. The van der Waals surface area contributed by atoms with Crippen LogP contribution in [0.1, 0.15) is 38.9 Å². The second-order valence-corrected chi connectivity index (χ2v) is 5.37. The highest BCUT2D eigenvalue weighted by Gasteiger charge is 2.13. The van der Waals surface area contributed by atoms with Crippen LogP contribution in [-0.4, -0.2) is 34.0 Å². The van der Waals surface area contributed by atoms with Gasteiger partial charge in [0.2, 0.25) is 0 Å². The van der Waals surface area contributed by atoms with Crippen LogP contribution in [0.2, 0.25) is 0 Å². The zero-order chi connectivity index (χ0) is 12.8. The van der Waals surface area contributed by atoms with E-state index in [2.05, 4.69) is 29.2 Å². The molecule has 5 nitrogen and oxygen atoms in total. The molecule has 1 aromatic rings. The van der Waals surface area contributed by atoms with Crippen molar-refractivity contribution in [1.82, 2.24) is 20.1 Å². The Morgan fingerprint density at radius 1 is 1.50 bits per heavy atom. The number of nitrogens with zero attached hydrogens (tertiary/aromatic N) is 3. The van der Waals surface area contributed by atoms with Gasteiger partial charge in [0.25, 0.3) is 0 Å². The van der Waals surface area contributed by atoms with Crippen LogP contribution in [0, 0.1) is 5.92 Å². The van der Waals surface area contributed by atoms with Crippen molar-refractivity contribution in [3.8, 4) is 0 Å². The second kappa shape index (κ2) is 6.85. The first-order chi connectivity index (χ1) is 8.75. The fourth-order valence-electron chi connectivity index (χ4n) is 2.24. The van der Waals surface area contributed by atoms with Gasteiger partial charge in [0.15, 0.2) is 0 Å². The fraction of sp³-hybridized carbons (Fsp3) is 0.846. The van der Waals surface area contributed by atoms with Gasteiger partial charge >= 0.3 is 0 Å². The minimum absolute atomic E-state index is 0.375. The fourth-order valence-corrected chi connectivity index (χ4v) is 2.24. The van der Waals surface area contributed by atoms with Gasteiger partial charge in [-0.2, -0.15) is 5.10 Å². The number of rotatable bonds is 6. The van der Waals surface area contributed by atoms with E-state index < -0.39 is 0 Å². The molecule has 1 saturated heterocycles. The van der Waals surface area contributed by atoms with Crippen LogP contribution in [0.3, 0.4) is 0 Å². The first-order valence-corrected chi connectivity index (χ1v) is 6.94. The number of ether oxygens (including phenoxy) is 1. The molecule has 1 N–H and O–H groups in total. The number of nitrogens with one attached hydrogen (secondary N) is 1. The third-order valence-electron chi connectivity index (χ3n) is 3.16. The standard InChI is InChI=1S/C13H24N4O/c1-11(2)9-17-13(15-10-16-17)8-14-7-12-5-3-4-6-18-12/h10-12,14H,3-9H2,1-2H3. The van der Waals surface area contributed by atoms with Crippen molar-refractivity contribution in [1.29, 1.82) is 0 Å². The molecule has 1 aromatic heterocycles. The molecule has 102 valence electrons. The van der Waals surface area contributed by atoms with E-state index in [1.165, 1.54) is 19.3 Å². The summed E-state index contributed by atoms with van der Waals surface area (Å²) < 4.78 is 7.67. The van der Waals surface area contributed by atoms with Gasteiger partial charge in [0.1, 0.15) is 12.2 Å². The van der Waals surface area contributed by atoms with Crippen molar-refractivity contribution in [2.75, 3.05) is 13.2 Å². The summed E-state index contributed by atoms with van der Waals surface area (Å²) in [5, 5.41) is 7.68. The van der Waals surface area contributed by atoms with E-state index in [0.717, 1.165) is 32.1 Å². The molecule has 5 heteroatoms. The van der Waals surface area contributed by atoms with E-state index in [4.69, 9.17) is 4.74 Å². The molecular formula is C13H24N4O. The van der Waals surface area contributed by atoms with Gasteiger partial charge in [-0.3, -0.25) is 0 Å². The molecule has 0 saturated carbocycles. The molecule has 0 radical (unpaired) electrons. The lowest BCUT2D eigenvalue weighted by molar-refractivity contribution is 0.0166. The van der Waals surface area contributed by atoms with Gasteiger partial charge in [0, 0.05) is 19.7 Å². The van der Waals surface area contributed by atoms with Gasteiger partial charge in [-0.25, -0.2) is 9.67 Å². The van der Waals surface area contributed by atoms with Gasteiger partial charge in [-0.05, 0) is 25.2 Å². The molecule has 18 heavy (non-hydrogen) atoms. The van der Waals surface area contributed by atoms with Crippen molar-refractivity contribution in [3.63, 3.8) is 0 Å². The Bertz CT molecular complexity index is 345. The molecule has 2 rings (SSSR count).